The normalized spacial score (nSPS) is 24.6. The van der Waals surface area contributed by atoms with E-state index in [4.69, 9.17) is 27.5 Å². The van der Waals surface area contributed by atoms with Crippen LogP contribution in [0.4, 0.5) is 5.69 Å². The minimum Gasteiger partial charge on any atom is -0.489 e. The van der Waals surface area contributed by atoms with Gasteiger partial charge in [0.25, 0.3) is 11.8 Å². The average molecular weight is 792 g/mol. The van der Waals surface area contributed by atoms with Crippen LogP contribution in [-0.4, -0.2) is 102 Å². The second kappa shape index (κ2) is 14.9. The number of piperidine rings is 1. The van der Waals surface area contributed by atoms with Crippen molar-refractivity contribution < 1.29 is 28.7 Å². The Kier molecular flexibility index (Phi) is 10.2. The summed E-state index contributed by atoms with van der Waals surface area (Å²) in [5.74, 6) is 2.75. The summed E-state index contributed by atoms with van der Waals surface area (Å²) in [6, 6.07) is 14.4. The van der Waals surface area contributed by atoms with Gasteiger partial charge in [-0.1, -0.05) is 57.3 Å². The average Bonchev–Trinajstić information content (AvgIpc) is 3.44. The third kappa shape index (κ3) is 6.89. The van der Waals surface area contributed by atoms with Crippen LogP contribution in [0, 0.1) is 29.1 Å². The number of rotatable bonds is 11. The molecule has 1 saturated carbocycles. The van der Waals surface area contributed by atoms with Crippen LogP contribution in [0.2, 0.25) is 5.02 Å². The Balaban J connectivity index is 0.816. The van der Waals surface area contributed by atoms with Crippen molar-refractivity contribution in [1.29, 1.82) is 0 Å². The zero-order valence-electron chi connectivity index (χ0n) is 33.1. The minimum absolute atomic E-state index is 0.0274. The molecule has 298 valence electrons. The Morgan fingerprint density at radius 3 is 2.42 bits per heavy atom. The summed E-state index contributed by atoms with van der Waals surface area (Å²) in [5, 5.41) is 3.49. The minimum atomic E-state index is -0.694. The molecule has 0 bridgehead atoms. The predicted molar refractivity (Wildman–Crippen MR) is 217 cm³/mol. The number of fused-ring (bicyclic) bond motifs is 1. The summed E-state index contributed by atoms with van der Waals surface area (Å²) < 4.78 is 11.9. The lowest BCUT2D eigenvalue weighted by molar-refractivity contribution is -0.196. The molecule has 8 rings (SSSR count). The van der Waals surface area contributed by atoms with E-state index in [-0.39, 0.29) is 52.8 Å². The molecule has 0 radical (unpaired) electrons. The molecule has 1 aromatic heterocycles. The van der Waals surface area contributed by atoms with E-state index < -0.39 is 11.6 Å². The van der Waals surface area contributed by atoms with Crippen LogP contribution >= 0.6 is 11.6 Å². The van der Waals surface area contributed by atoms with E-state index in [9.17, 15) is 19.2 Å². The lowest BCUT2D eigenvalue weighted by atomic mass is 9.44. The van der Waals surface area contributed by atoms with Crippen molar-refractivity contribution in [3.8, 4) is 18.1 Å². The highest BCUT2D eigenvalue weighted by atomic mass is 35.5. The maximum atomic E-state index is 13.8. The van der Waals surface area contributed by atoms with Gasteiger partial charge in [-0.2, -0.15) is 0 Å². The van der Waals surface area contributed by atoms with Gasteiger partial charge in [0.1, 0.15) is 23.1 Å². The highest BCUT2D eigenvalue weighted by Gasteiger charge is 2.63. The van der Waals surface area contributed by atoms with E-state index >= 15 is 0 Å². The number of hydrogen-bond donors (Lipinski definition) is 1. The molecule has 1 spiro atoms. The number of terminal acetylenes is 1. The number of aryl methyl sites for hydroxylation is 1. The Hall–Kier alpha value is -4.76. The molecular weight excluding hydrogens is 742 g/mol. The number of amides is 3. The molecule has 4 fully saturated rings. The molecule has 5 aliphatic rings. The molecule has 11 nitrogen and oxygen atoms in total. The Labute approximate surface area is 339 Å². The van der Waals surface area contributed by atoms with Crippen molar-refractivity contribution in [2.45, 2.75) is 77.5 Å². The van der Waals surface area contributed by atoms with E-state index in [0.29, 0.717) is 65.6 Å². The van der Waals surface area contributed by atoms with Crippen molar-refractivity contribution in [3.05, 3.63) is 87.7 Å². The number of ether oxygens (including phenoxy) is 2. The molecule has 2 aromatic carbocycles. The number of nitrogens with zero attached hydrogens (tertiary/aromatic N) is 4. The van der Waals surface area contributed by atoms with Gasteiger partial charge < -0.3 is 19.7 Å². The van der Waals surface area contributed by atoms with Crippen molar-refractivity contribution in [1.82, 2.24) is 20.1 Å². The van der Waals surface area contributed by atoms with E-state index in [1.54, 1.807) is 18.2 Å². The van der Waals surface area contributed by atoms with Crippen molar-refractivity contribution >= 4 is 40.8 Å². The SMILES string of the molecule is C#Cc1ccc(OC2C(C)(C)C(CC(=O)c3ccc(N4CCN(CCCc5cccc6c5C(=O)N(C5CCC(=O)NC57COC7)C6=O)CC4)cn3)C2(C)C)cc1Cl. The van der Waals surface area contributed by atoms with Crippen molar-refractivity contribution in [2.24, 2.45) is 16.7 Å². The predicted octanol–water partition coefficient (Wildman–Crippen LogP) is 5.82. The molecule has 12 heteroatoms. The Morgan fingerprint density at radius 2 is 1.77 bits per heavy atom. The van der Waals surface area contributed by atoms with Gasteiger partial charge in [-0.15, -0.1) is 6.42 Å². The first-order chi connectivity index (χ1) is 27.2. The third-order valence-electron chi connectivity index (χ3n) is 13.3. The van der Waals surface area contributed by atoms with E-state index in [1.165, 1.54) is 4.90 Å². The zero-order chi connectivity index (χ0) is 40.3. The lowest BCUT2D eigenvalue weighted by Crippen LogP contribution is -2.75. The summed E-state index contributed by atoms with van der Waals surface area (Å²) >= 11 is 6.33. The molecule has 57 heavy (non-hydrogen) atoms. The van der Waals surface area contributed by atoms with Gasteiger partial charge in [0, 0.05) is 61.5 Å². The van der Waals surface area contributed by atoms with Gasteiger partial charge in [-0.3, -0.25) is 34.0 Å². The summed E-state index contributed by atoms with van der Waals surface area (Å²) in [4.78, 5) is 63.9. The molecule has 1 N–H and O–H groups in total. The van der Waals surface area contributed by atoms with E-state index in [1.807, 2.05) is 36.5 Å². The number of pyridine rings is 1. The third-order valence-corrected chi connectivity index (χ3v) is 13.6. The first-order valence-corrected chi connectivity index (χ1v) is 20.4. The molecule has 1 atom stereocenters. The maximum absolute atomic E-state index is 13.8. The van der Waals surface area contributed by atoms with Crippen molar-refractivity contribution in [2.75, 3.05) is 50.8 Å². The maximum Gasteiger partial charge on any atom is 0.262 e. The number of hydrogen-bond acceptors (Lipinski definition) is 9. The first kappa shape index (κ1) is 39.1. The molecule has 5 heterocycles. The van der Waals surface area contributed by atoms with Crippen LogP contribution in [0.1, 0.15) is 95.7 Å². The van der Waals surface area contributed by atoms with Crippen LogP contribution in [0.5, 0.6) is 5.75 Å². The second-order valence-corrected chi connectivity index (χ2v) is 17.9. The van der Waals surface area contributed by atoms with Gasteiger partial charge >= 0.3 is 0 Å². The number of aromatic nitrogens is 1. The molecule has 1 unspecified atom stereocenters. The molecular formula is C45H50ClN5O6. The quantitative estimate of drug-likeness (QED) is 0.146. The van der Waals surface area contributed by atoms with Crippen molar-refractivity contribution in [3.63, 3.8) is 0 Å². The molecule has 4 aliphatic heterocycles. The Morgan fingerprint density at radius 1 is 1.02 bits per heavy atom. The molecule has 1 aliphatic carbocycles. The van der Waals surface area contributed by atoms with Crippen LogP contribution in [0.25, 0.3) is 0 Å². The zero-order valence-corrected chi connectivity index (χ0v) is 33.9. The lowest BCUT2D eigenvalue weighted by Gasteiger charge is -2.63. The second-order valence-electron chi connectivity index (χ2n) is 17.5. The summed E-state index contributed by atoms with van der Waals surface area (Å²) in [6.45, 7) is 13.5. The number of carbonyl (C=O) groups excluding carboxylic acids is 4. The number of ketones is 1. The monoisotopic (exact) mass is 791 g/mol. The smallest absolute Gasteiger partial charge is 0.262 e. The van der Waals surface area contributed by atoms with Crippen LogP contribution in [0.3, 0.4) is 0 Å². The van der Waals surface area contributed by atoms with E-state index in [2.05, 4.69) is 53.7 Å². The fourth-order valence-corrected chi connectivity index (χ4v) is 10.6. The highest BCUT2D eigenvalue weighted by molar-refractivity contribution is 6.31. The number of halogens is 1. The van der Waals surface area contributed by atoms with Gasteiger partial charge in [0.15, 0.2) is 5.78 Å². The standard InChI is InChI=1S/C45H50ClN5O6/c1-6-28-12-14-31(23-33(28)46)57-42-43(2,3)36(44(42,4)5)24-35(52)34-15-13-30(25-47-34)50-21-19-49(20-22-50)18-8-10-29-9-7-11-32-39(29)41(55)51(40(32)54)37-16-17-38(53)48-45(37)26-56-27-45/h1,7,9,11-15,23,25,36-37,42H,8,10,16-22,24,26-27H2,2-5H3,(H,48,53). The number of anilines is 1. The fourth-order valence-electron chi connectivity index (χ4n) is 10.4. The van der Waals surface area contributed by atoms with Gasteiger partial charge in [-0.05, 0) is 67.6 Å². The molecule has 3 saturated heterocycles. The van der Waals surface area contributed by atoms with Crippen LogP contribution < -0.4 is 15.0 Å². The summed E-state index contributed by atoms with van der Waals surface area (Å²) in [5.41, 5.74) is 2.74. The number of piperazine rings is 1. The first-order valence-electron chi connectivity index (χ1n) is 20.0. The number of carbonyl (C=O) groups is 4. The fraction of sp³-hybridized carbons (Fsp3) is 0.489. The summed E-state index contributed by atoms with van der Waals surface area (Å²) in [7, 11) is 0. The van der Waals surface area contributed by atoms with Gasteiger partial charge in [0.05, 0.1) is 47.3 Å². The van der Waals surface area contributed by atoms with Crippen LogP contribution in [0.15, 0.2) is 54.7 Å². The Bertz CT molecular complexity index is 2130. The largest absolute Gasteiger partial charge is 0.489 e. The van der Waals surface area contributed by atoms with E-state index in [0.717, 1.165) is 50.4 Å². The van der Waals surface area contributed by atoms with Gasteiger partial charge in [0.2, 0.25) is 5.91 Å². The van der Waals surface area contributed by atoms with Crippen LogP contribution in [-0.2, 0) is 16.0 Å². The highest BCUT2D eigenvalue weighted by Crippen LogP contribution is 2.61. The number of imide groups is 1. The number of Topliss-reactive ketones (excluding diaryl/α,β-unsaturated/α-hetero) is 1. The number of nitrogens with one attached hydrogen (secondary N) is 1. The topological polar surface area (TPSA) is 121 Å². The number of benzene rings is 2. The van der Waals surface area contributed by atoms with Gasteiger partial charge in [-0.25, -0.2) is 0 Å². The summed E-state index contributed by atoms with van der Waals surface area (Å²) in [6.07, 6.45) is 9.86. The molecule has 3 amide bonds. The molecule has 3 aromatic rings.